The molecule has 1 N–H and O–H groups in total. The number of carbonyl (C=O) groups is 2. The van der Waals surface area contributed by atoms with Gasteiger partial charge in [-0.1, -0.05) is 19.8 Å². The number of hydrogen-bond acceptors (Lipinski definition) is 4. The summed E-state index contributed by atoms with van der Waals surface area (Å²) in [6.45, 7) is 5.90. The van der Waals surface area contributed by atoms with E-state index in [9.17, 15) is 9.59 Å². The first kappa shape index (κ1) is 20.8. The lowest BCUT2D eigenvalue weighted by Gasteiger charge is -2.35. The quantitative estimate of drug-likeness (QED) is 0.784. The van der Waals surface area contributed by atoms with Crippen LogP contribution in [-0.2, 0) is 9.59 Å². The van der Waals surface area contributed by atoms with E-state index in [1.54, 1.807) is 11.8 Å². The Morgan fingerprint density at radius 3 is 2.40 bits per heavy atom. The third-order valence-electron chi connectivity index (χ3n) is 5.76. The van der Waals surface area contributed by atoms with E-state index in [0.717, 1.165) is 70.5 Å². The molecule has 2 amide bonds. The zero-order valence-electron chi connectivity index (χ0n) is 15.2. The van der Waals surface area contributed by atoms with Crippen LogP contribution in [0.25, 0.3) is 0 Å². The number of rotatable bonds is 5. The smallest absolute Gasteiger partial charge is 0.246 e. The number of halogens is 1. The minimum atomic E-state index is -0.214. The normalized spacial score (nSPS) is 25.2. The summed E-state index contributed by atoms with van der Waals surface area (Å²) in [5.41, 5.74) is 0. The van der Waals surface area contributed by atoms with Crippen molar-refractivity contribution in [2.45, 2.75) is 51.5 Å². The number of hydrogen-bond donors (Lipinski definition) is 1. The third-order valence-corrected chi connectivity index (χ3v) is 6.78. The van der Waals surface area contributed by atoms with E-state index in [1.807, 2.05) is 9.80 Å². The molecule has 1 atom stereocenters. The van der Waals surface area contributed by atoms with E-state index in [1.165, 1.54) is 0 Å². The van der Waals surface area contributed by atoms with Crippen LogP contribution in [-0.4, -0.2) is 65.5 Å². The number of amides is 2. The van der Waals surface area contributed by atoms with Crippen molar-refractivity contribution in [1.82, 2.24) is 15.1 Å². The van der Waals surface area contributed by atoms with Crippen molar-refractivity contribution in [3.8, 4) is 0 Å². The van der Waals surface area contributed by atoms with Crippen molar-refractivity contribution < 1.29 is 9.59 Å². The summed E-state index contributed by atoms with van der Waals surface area (Å²) in [6, 6.07) is -0.214. The average Bonchev–Trinajstić information content (AvgIpc) is 3.30. The van der Waals surface area contributed by atoms with Gasteiger partial charge in [0.15, 0.2) is 0 Å². The van der Waals surface area contributed by atoms with E-state index < -0.39 is 0 Å². The largest absolute Gasteiger partial charge is 0.341 e. The lowest BCUT2D eigenvalue weighted by molar-refractivity contribution is -0.146. The molecule has 0 bridgehead atoms. The van der Waals surface area contributed by atoms with Crippen LogP contribution in [0.1, 0.15) is 45.4 Å². The van der Waals surface area contributed by atoms with Crippen LogP contribution in [0.15, 0.2) is 0 Å². The molecule has 2 saturated heterocycles. The van der Waals surface area contributed by atoms with Crippen LogP contribution in [0.3, 0.4) is 0 Å². The van der Waals surface area contributed by atoms with E-state index in [-0.39, 0.29) is 36.2 Å². The molecule has 3 fully saturated rings. The second-order valence-electron chi connectivity index (χ2n) is 7.38. The molecule has 25 heavy (non-hydrogen) atoms. The maximum atomic E-state index is 13.0. The minimum Gasteiger partial charge on any atom is -0.341 e. The SMILES string of the molecule is CCNCC1CCN(C(=O)C2CSCN2C(=O)C2CCCC2)CC1.Cl. The van der Waals surface area contributed by atoms with Gasteiger partial charge in [-0.25, -0.2) is 0 Å². The van der Waals surface area contributed by atoms with Gasteiger partial charge in [0.1, 0.15) is 6.04 Å². The Kier molecular flexibility index (Phi) is 8.36. The molecule has 3 rings (SSSR count). The Morgan fingerprint density at radius 2 is 1.76 bits per heavy atom. The maximum Gasteiger partial charge on any atom is 0.246 e. The first-order valence-corrected chi connectivity index (χ1v) is 10.7. The number of nitrogens with one attached hydrogen (secondary N) is 1. The summed E-state index contributed by atoms with van der Waals surface area (Å²) in [7, 11) is 0. The molecule has 3 aliphatic rings. The first-order valence-electron chi connectivity index (χ1n) is 9.58. The third kappa shape index (κ3) is 5.04. The molecule has 1 saturated carbocycles. The van der Waals surface area contributed by atoms with Gasteiger partial charge in [-0.15, -0.1) is 24.2 Å². The van der Waals surface area contributed by atoms with Gasteiger partial charge >= 0.3 is 0 Å². The van der Waals surface area contributed by atoms with Crippen LogP contribution < -0.4 is 5.32 Å². The van der Waals surface area contributed by atoms with Gasteiger partial charge < -0.3 is 15.1 Å². The fraction of sp³-hybridized carbons (Fsp3) is 0.889. The molecule has 0 aromatic heterocycles. The van der Waals surface area contributed by atoms with Gasteiger partial charge in [-0.2, -0.15) is 0 Å². The van der Waals surface area contributed by atoms with Gasteiger partial charge in [0, 0.05) is 24.8 Å². The molecule has 7 heteroatoms. The number of carbonyl (C=O) groups excluding carboxylic acids is 2. The molecule has 5 nitrogen and oxygen atoms in total. The fourth-order valence-electron chi connectivity index (χ4n) is 4.19. The summed E-state index contributed by atoms with van der Waals surface area (Å²) in [5.74, 6) is 2.75. The monoisotopic (exact) mass is 389 g/mol. The van der Waals surface area contributed by atoms with Crippen molar-refractivity contribution in [3.63, 3.8) is 0 Å². The van der Waals surface area contributed by atoms with Gasteiger partial charge in [0.2, 0.25) is 11.8 Å². The van der Waals surface area contributed by atoms with Gasteiger partial charge in [0.25, 0.3) is 0 Å². The Labute approximate surface area is 162 Å². The predicted molar refractivity (Wildman–Crippen MR) is 105 cm³/mol. The maximum absolute atomic E-state index is 13.0. The zero-order valence-corrected chi connectivity index (χ0v) is 16.9. The molecule has 144 valence electrons. The highest BCUT2D eigenvalue weighted by Gasteiger charge is 2.40. The lowest BCUT2D eigenvalue weighted by atomic mass is 9.96. The number of piperidine rings is 1. The molecular weight excluding hydrogens is 358 g/mol. The van der Waals surface area contributed by atoms with E-state index >= 15 is 0 Å². The Hall–Kier alpha value is -0.460. The Morgan fingerprint density at radius 1 is 1.08 bits per heavy atom. The van der Waals surface area contributed by atoms with Crippen molar-refractivity contribution in [1.29, 1.82) is 0 Å². The number of nitrogens with zero attached hydrogens (tertiary/aromatic N) is 2. The summed E-state index contributed by atoms with van der Waals surface area (Å²) in [4.78, 5) is 29.6. The first-order chi connectivity index (χ1) is 11.7. The summed E-state index contributed by atoms with van der Waals surface area (Å²) < 4.78 is 0. The van der Waals surface area contributed by atoms with E-state index in [4.69, 9.17) is 0 Å². The van der Waals surface area contributed by atoms with Gasteiger partial charge in [0.05, 0.1) is 5.88 Å². The molecule has 0 radical (unpaired) electrons. The highest BCUT2D eigenvalue weighted by molar-refractivity contribution is 7.99. The zero-order chi connectivity index (χ0) is 16.9. The molecule has 1 aliphatic carbocycles. The van der Waals surface area contributed by atoms with Crippen molar-refractivity contribution in [3.05, 3.63) is 0 Å². The summed E-state index contributed by atoms with van der Waals surface area (Å²) in [5, 5.41) is 3.41. The Bertz CT molecular complexity index is 452. The van der Waals surface area contributed by atoms with Gasteiger partial charge in [-0.05, 0) is 44.7 Å². The lowest BCUT2D eigenvalue weighted by Crippen LogP contribution is -2.52. The number of likely N-dealkylation sites (tertiary alicyclic amines) is 1. The average molecular weight is 390 g/mol. The second-order valence-corrected chi connectivity index (χ2v) is 8.38. The molecule has 2 heterocycles. The van der Waals surface area contributed by atoms with Crippen LogP contribution in [0.2, 0.25) is 0 Å². The molecule has 1 unspecified atom stereocenters. The number of thioether (sulfide) groups is 1. The fourth-order valence-corrected chi connectivity index (χ4v) is 5.34. The van der Waals surface area contributed by atoms with Crippen LogP contribution in [0.4, 0.5) is 0 Å². The van der Waals surface area contributed by atoms with Gasteiger partial charge in [-0.3, -0.25) is 9.59 Å². The standard InChI is InChI=1S/C18H31N3O2S.ClH/c1-2-19-11-14-7-9-20(10-8-14)18(23)16-12-24-13-21(16)17(22)15-5-3-4-6-15;/h14-16,19H,2-13H2,1H3;1H. The summed E-state index contributed by atoms with van der Waals surface area (Å²) in [6.07, 6.45) is 6.50. The van der Waals surface area contributed by atoms with Crippen LogP contribution >= 0.6 is 24.2 Å². The topological polar surface area (TPSA) is 52.7 Å². The highest BCUT2D eigenvalue weighted by Crippen LogP contribution is 2.31. The second kappa shape index (κ2) is 10.0. The van der Waals surface area contributed by atoms with Crippen molar-refractivity contribution >= 4 is 36.0 Å². The molecule has 2 aliphatic heterocycles. The summed E-state index contributed by atoms with van der Waals surface area (Å²) >= 11 is 1.73. The van der Waals surface area contributed by atoms with Crippen LogP contribution in [0.5, 0.6) is 0 Å². The van der Waals surface area contributed by atoms with E-state index in [0.29, 0.717) is 11.8 Å². The van der Waals surface area contributed by atoms with Crippen molar-refractivity contribution in [2.24, 2.45) is 11.8 Å². The minimum absolute atomic E-state index is 0. The molecule has 0 aromatic carbocycles. The Balaban J connectivity index is 0.00000225. The molecular formula is C18H32ClN3O2S. The molecule has 0 spiro atoms. The predicted octanol–water partition coefficient (Wildman–Crippen LogP) is 2.35. The highest BCUT2D eigenvalue weighted by atomic mass is 35.5. The van der Waals surface area contributed by atoms with Crippen LogP contribution in [0, 0.1) is 11.8 Å². The van der Waals surface area contributed by atoms with Crippen molar-refractivity contribution in [2.75, 3.05) is 37.8 Å². The van der Waals surface area contributed by atoms with E-state index in [2.05, 4.69) is 12.2 Å². The molecule has 0 aromatic rings.